The summed E-state index contributed by atoms with van der Waals surface area (Å²) in [6, 6.07) is 8.16. The molecular weight excluding hydrogens is 394 g/mol. The third-order valence-electron chi connectivity index (χ3n) is 5.10. The molecule has 3 heterocycles. The maximum absolute atomic E-state index is 12.8. The maximum Gasteiger partial charge on any atom is 0.341 e. The fourth-order valence-corrected chi connectivity index (χ4v) is 5.67. The van der Waals surface area contributed by atoms with Gasteiger partial charge in [0.15, 0.2) is 5.01 Å². The molecule has 0 radical (unpaired) electrons. The molecule has 0 aliphatic carbocycles. The number of quaternary nitrogens is 1. The number of rotatable bonds is 4. The molecule has 6 nitrogen and oxygen atoms in total. The Bertz CT molecular complexity index is 1020. The van der Waals surface area contributed by atoms with Crippen LogP contribution in [0.25, 0.3) is 10.2 Å². The average molecular weight is 417 g/mol. The number of hydrogen-bond donors (Lipinski definition) is 2. The number of nitrogens with one attached hydrogen (secondary N) is 2. The van der Waals surface area contributed by atoms with Crippen molar-refractivity contribution in [2.24, 2.45) is 0 Å². The molecular formula is C20H22N3O3S2+. The predicted octanol–water partition coefficient (Wildman–Crippen LogP) is 2.75. The van der Waals surface area contributed by atoms with E-state index in [1.165, 1.54) is 34.7 Å². The van der Waals surface area contributed by atoms with Crippen molar-refractivity contribution in [3.63, 3.8) is 0 Å². The summed E-state index contributed by atoms with van der Waals surface area (Å²) >= 11 is 2.82. The van der Waals surface area contributed by atoms with Gasteiger partial charge in [0.1, 0.15) is 11.5 Å². The standard InChI is InChI=1S/C20H21N3O3S2/c1-11(2)23-9-8-12-15(10-23)28-18(16(12)20(25)26-3)22-17(24)19-21-13-6-4-5-7-14(13)27-19/h4-7,11H,8-10H2,1-3H3,(H,22,24)/p+1. The highest BCUT2D eigenvalue weighted by Gasteiger charge is 2.32. The smallest absolute Gasteiger partial charge is 0.341 e. The molecule has 2 aromatic heterocycles. The van der Waals surface area contributed by atoms with Gasteiger partial charge in [-0.15, -0.1) is 22.7 Å². The van der Waals surface area contributed by atoms with E-state index in [4.69, 9.17) is 4.74 Å². The lowest BCUT2D eigenvalue weighted by Crippen LogP contribution is -3.14. The largest absolute Gasteiger partial charge is 0.465 e. The van der Waals surface area contributed by atoms with Crippen molar-refractivity contribution in [2.45, 2.75) is 32.9 Å². The molecule has 2 N–H and O–H groups in total. The highest BCUT2D eigenvalue weighted by molar-refractivity contribution is 7.20. The van der Waals surface area contributed by atoms with Crippen LogP contribution in [-0.2, 0) is 17.7 Å². The first-order valence-corrected chi connectivity index (χ1v) is 10.9. The molecule has 0 saturated carbocycles. The van der Waals surface area contributed by atoms with Gasteiger partial charge in [-0.05, 0) is 31.5 Å². The number of ether oxygens (including phenoxy) is 1. The van der Waals surface area contributed by atoms with Crippen molar-refractivity contribution in [1.82, 2.24) is 4.98 Å². The van der Waals surface area contributed by atoms with E-state index in [0.717, 1.165) is 40.2 Å². The molecule has 1 atom stereocenters. The Morgan fingerprint density at radius 3 is 2.75 bits per heavy atom. The van der Waals surface area contributed by atoms with E-state index in [-0.39, 0.29) is 5.91 Å². The van der Waals surface area contributed by atoms with Gasteiger partial charge in [-0.3, -0.25) is 4.79 Å². The second-order valence-corrected chi connectivity index (χ2v) is 9.27. The first-order valence-electron chi connectivity index (χ1n) is 9.22. The lowest BCUT2D eigenvalue weighted by Gasteiger charge is -2.27. The summed E-state index contributed by atoms with van der Waals surface area (Å²) in [5.41, 5.74) is 2.31. The average Bonchev–Trinajstić information content (AvgIpc) is 3.27. The summed E-state index contributed by atoms with van der Waals surface area (Å²) in [7, 11) is 1.38. The molecule has 1 aromatic carbocycles. The van der Waals surface area contributed by atoms with Gasteiger partial charge in [0, 0.05) is 6.42 Å². The number of carbonyl (C=O) groups is 2. The number of fused-ring (bicyclic) bond motifs is 2. The van der Waals surface area contributed by atoms with Gasteiger partial charge in [-0.25, -0.2) is 9.78 Å². The first kappa shape index (κ1) is 19.0. The number of esters is 1. The molecule has 0 saturated heterocycles. The number of methoxy groups -OCH3 is 1. The highest BCUT2D eigenvalue weighted by atomic mass is 32.1. The zero-order valence-electron chi connectivity index (χ0n) is 16.0. The van der Waals surface area contributed by atoms with Crippen molar-refractivity contribution in [1.29, 1.82) is 0 Å². The van der Waals surface area contributed by atoms with Gasteiger partial charge < -0.3 is 15.0 Å². The van der Waals surface area contributed by atoms with Crippen LogP contribution in [0.1, 0.15) is 44.4 Å². The van der Waals surface area contributed by atoms with Gasteiger partial charge in [-0.1, -0.05) is 12.1 Å². The third kappa shape index (κ3) is 3.43. The monoisotopic (exact) mass is 416 g/mol. The fourth-order valence-electron chi connectivity index (χ4n) is 3.52. The highest BCUT2D eigenvalue weighted by Crippen LogP contribution is 2.36. The number of benzene rings is 1. The van der Waals surface area contributed by atoms with Crippen LogP contribution >= 0.6 is 22.7 Å². The second-order valence-electron chi connectivity index (χ2n) is 7.13. The van der Waals surface area contributed by atoms with Crippen LogP contribution in [0.15, 0.2) is 24.3 Å². The number of hydrogen-bond acceptors (Lipinski definition) is 6. The quantitative estimate of drug-likeness (QED) is 0.642. The van der Waals surface area contributed by atoms with Crippen molar-refractivity contribution >= 4 is 49.8 Å². The topological polar surface area (TPSA) is 72.7 Å². The molecule has 146 valence electrons. The van der Waals surface area contributed by atoms with Gasteiger partial charge >= 0.3 is 5.97 Å². The summed E-state index contributed by atoms with van der Waals surface area (Å²) in [5, 5.41) is 3.87. The van der Waals surface area contributed by atoms with Crippen molar-refractivity contribution in [2.75, 3.05) is 19.0 Å². The Hall–Kier alpha value is -2.29. The molecule has 4 rings (SSSR count). The summed E-state index contributed by atoms with van der Waals surface area (Å²) < 4.78 is 5.97. The molecule has 1 amide bonds. The lowest BCUT2D eigenvalue weighted by atomic mass is 10.0. The zero-order valence-corrected chi connectivity index (χ0v) is 17.6. The number of para-hydroxylation sites is 1. The number of thiophene rings is 1. The SMILES string of the molecule is COC(=O)c1c(NC(=O)c2nc3ccccc3s2)sc2c1CC[NH+](C(C)C)C2. The van der Waals surface area contributed by atoms with Gasteiger partial charge in [0.05, 0.1) is 40.4 Å². The van der Waals surface area contributed by atoms with Crippen LogP contribution in [0.5, 0.6) is 0 Å². The minimum Gasteiger partial charge on any atom is -0.465 e. The Balaban J connectivity index is 1.66. The summed E-state index contributed by atoms with van der Waals surface area (Å²) in [5.74, 6) is -0.692. The lowest BCUT2D eigenvalue weighted by molar-refractivity contribution is -0.936. The number of nitrogens with zero attached hydrogens (tertiary/aromatic N) is 1. The number of anilines is 1. The van der Waals surface area contributed by atoms with Crippen LogP contribution < -0.4 is 10.2 Å². The van der Waals surface area contributed by atoms with E-state index in [9.17, 15) is 9.59 Å². The number of aromatic nitrogens is 1. The number of thiazole rings is 1. The van der Waals surface area contributed by atoms with E-state index in [1.54, 1.807) is 0 Å². The van der Waals surface area contributed by atoms with E-state index in [0.29, 0.717) is 21.6 Å². The Morgan fingerprint density at radius 1 is 1.25 bits per heavy atom. The molecule has 8 heteroatoms. The molecule has 1 aliphatic heterocycles. The summed E-state index contributed by atoms with van der Waals surface area (Å²) in [6.07, 6.45) is 0.806. The molecule has 3 aromatic rings. The van der Waals surface area contributed by atoms with E-state index < -0.39 is 5.97 Å². The van der Waals surface area contributed by atoms with E-state index >= 15 is 0 Å². The Kier molecular flexibility index (Phi) is 5.18. The minimum atomic E-state index is -0.398. The van der Waals surface area contributed by atoms with Crippen molar-refractivity contribution in [3.05, 3.63) is 45.3 Å². The van der Waals surface area contributed by atoms with E-state index in [1.807, 2.05) is 24.3 Å². The second kappa shape index (κ2) is 7.62. The molecule has 28 heavy (non-hydrogen) atoms. The summed E-state index contributed by atoms with van der Waals surface area (Å²) in [6.45, 7) is 6.23. The number of carbonyl (C=O) groups excluding carboxylic acids is 2. The molecule has 0 bridgehead atoms. The van der Waals surface area contributed by atoms with Gasteiger partial charge in [0.25, 0.3) is 5.91 Å². The molecule has 0 fully saturated rings. The molecule has 1 aliphatic rings. The van der Waals surface area contributed by atoms with E-state index in [2.05, 4.69) is 24.1 Å². The van der Waals surface area contributed by atoms with Crippen LogP contribution in [0.2, 0.25) is 0 Å². The number of amides is 1. The summed E-state index contributed by atoms with van der Waals surface area (Å²) in [4.78, 5) is 32.3. The van der Waals surface area contributed by atoms with Crippen molar-refractivity contribution in [3.8, 4) is 0 Å². The fraction of sp³-hybridized carbons (Fsp3) is 0.350. The minimum absolute atomic E-state index is 0.294. The van der Waals surface area contributed by atoms with Crippen LogP contribution in [0.4, 0.5) is 5.00 Å². The zero-order chi connectivity index (χ0) is 19.8. The maximum atomic E-state index is 12.8. The van der Waals surface area contributed by atoms with Gasteiger partial charge in [-0.2, -0.15) is 0 Å². The van der Waals surface area contributed by atoms with Gasteiger partial charge in [0.2, 0.25) is 0 Å². The van der Waals surface area contributed by atoms with Crippen molar-refractivity contribution < 1.29 is 19.2 Å². The Morgan fingerprint density at radius 2 is 2.04 bits per heavy atom. The third-order valence-corrected chi connectivity index (χ3v) is 7.28. The van der Waals surface area contributed by atoms with Crippen LogP contribution in [-0.4, -0.2) is 36.6 Å². The van der Waals surface area contributed by atoms with Crippen LogP contribution in [0, 0.1) is 0 Å². The predicted molar refractivity (Wildman–Crippen MR) is 112 cm³/mol. The normalized spacial score (nSPS) is 16.2. The van der Waals surface area contributed by atoms with Crippen LogP contribution in [0.3, 0.4) is 0 Å². The Labute approximate surface area is 171 Å². The first-order chi connectivity index (χ1) is 13.5. The molecule has 0 spiro atoms. The molecule has 1 unspecified atom stereocenters.